The van der Waals surface area contributed by atoms with E-state index in [4.69, 9.17) is 4.43 Å². The van der Waals surface area contributed by atoms with Gasteiger partial charge in [0.1, 0.15) is 0 Å². The van der Waals surface area contributed by atoms with Gasteiger partial charge in [0, 0.05) is 7.11 Å². The predicted molar refractivity (Wildman–Crippen MR) is 35.9 cm³/mol. The maximum absolute atomic E-state index is 9.35. The molecule has 0 aliphatic rings. The molecular weight excluding hydrogens is 120 g/mol. The number of hydrogen-bond acceptors (Lipinski definition) is 2. The summed E-state index contributed by atoms with van der Waals surface area (Å²) in [4.78, 5) is 9.35. The molecule has 0 radical (unpaired) electrons. The Hall–Kier alpha value is 0.137. The van der Waals surface area contributed by atoms with E-state index in [0.717, 1.165) is 12.1 Å². The highest BCUT2D eigenvalue weighted by Gasteiger charge is 2.26. The Balaban J connectivity index is 3.58. The highest BCUT2D eigenvalue weighted by molar-refractivity contribution is 6.65. The van der Waals surface area contributed by atoms with Gasteiger partial charge in [0.2, 0.25) is 0 Å². The summed E-state index contributed by atoms with van der Waals surface area (Å²) in [5.74, 6) is 0. The van der Waals surface area contributed by atoms with Gasteiger partial charge in [0.05, 0.1) is 0 Å². The zero-order chi connectivity index (χ0) is 6.62. The summed E-state index contributed by atoms with van der Waals surface area (Å²) in [6.45, 7) is 3.92. The molecule has 0 aliphatic heterocycles. The largest absolute Gasteiger partial charge is 0.411 e. The van der Waals surface area contributed by atoms with Crippen LogP contribution in [0.15, 0.2) is 0 Å². The molecule has 0 aromatic rings. The van der Waals surface area contributed by atoms with Crippen molar-refractivity contribution in [2.75, 3.05) is 7.11 Å². The van der Waals surface area contributed by atoms with Crippen molar-refractivity contribution in [3.63, 3.8) is 0 Å². The molecule has 1 N–H and O–H groups in total. The SMILES string of the molecule is CC[Si](O)(CC)OC. The molecule has 0 aromatic carbocycles. The van der Waals surface area contributed by atoms with Gasteiger partial charge in [-0.3, -0.25) is 0 Å². The van der Waals surface area contributed by atoms with Crippen molar-refractivity contribution < 1.29 is 9.22 Å². The van der Waals surface area contributed by atoms with Crippen LogP contribution in [0, 0.1) is 0 Å². The molecule has 0 atom stereocenters. The van der Waals surface area contributed by atoms with Gasteiger partial charge in [-0.15, -0.1) is 0 Å². The second-order valence-corrected chi connectivity index (χ2v) is 5.57. The third-order valence-electron chi connectivity index (χ3n) is 1.48. The Morgan fingerprint density at radius 1 is 1.38 bits per heavy atom. The minimum atomic E-state index is -2.17. The molecule has 2 nitrogen and oxygen atoms in total. The average Bonchev–Trinajstić information content (AvgIpc) is 1.87. The topological polar surface area (TPSA) is 29.5 Å². The Bertz CT molecular complexity index is 53.2. The Morgan fingerprint density at radius 2 is 1.75 bits per heavy atom. The highest BCUT2D eigenvalue weighted by atomic mass is 28.4. The number of hydrogen-bond donors (Lipinski definition) is 1. The van der Waals surface area contributed by atoms with E-state index in [1.165, 1.54) is 0 Å². The lowest BCUT2D eigenvalue weighted by atomic mass is 10.9. The van der Waals surface area contributed by atoms with Crippen molar-refractivity contribution in [3.05, 3.63) is 0 Å². The number of rotatable bonds is 3. The van der Waals surface area contributed by atoms with E-state index >= 15 is 0 Å². The monoisotopic (exact) mass is 134 g/mol. The molecule has 8 heavy (non-hydrogen) atoms. The highest BCUT2D eigenvalue weighted by Crippen LogP contribution is 2.09. The van der Waals surface area contributed by atoms with Gasteiger partial charge in [-0.1, -0.05) is 13.8 Å². The van der Waals surface area contributed by atoms with E-state index in [1.807, 2.05) is 13.8 Å². The first-order valence-electron chi connectivity index (χ1n) is 2.96. The normalized spacial score (nSPS) is 12.0. The molecule has 0 aliphatic carbocycles. The van der Waals surface area contributed by atoms with Crippen LogP contribution in [0.1, 0.15) is 13.8 Å². The van der Waals surface area contributed by atoms with Crippen molar-refractivity contribution in [1.29, 1.82) is 0 Å². The summed E-state index contributed by atoms with van der Waals surface area (Å²) in [7, 11) is -0.589. The molecule has 0 saturated heterocycles. The lowest BCUT2D eigenvalue weighted by molar-refractivity contribution is 0.291. The van der Waals surface area contributed by atoms with Crippen molar-refractivity contribution in [3.8, 4) is 0 Å². The van der Waals surface area contributed by atoms with Crippen LogP contribution in [0.25, 0.3) is 0 Å². The summed E-state index contributed by atoms with van der Waals surface area (Å²) in [5, 5.41) is 0. The van der Waals surface area contributed by atoms with E-state index in [-0.39, 0.29) is 0 Å². The maximum Gasteiger partial charge on any atom is 0.334 e. The zero-order valence-corrected chi connectivity index (χ0v) is 6.77. The third-order valence-corrected chi connectivity index (χ3v) is 4.45. The Morgan fingerprint density at radius 3 is 1.75 bits per heavy atom. The molecule has 0 fully saturated rings. The van der Waals surface area contributed by atoms with Crippen LogP contribution in [0.4, 0.5) is 0 Å². The Labute approximate surface area is 51.7 Å². The lowest BCUT2D eigenvalue weighted by Gasteiger charge is -2.17. The molecule has 0 aromatic heterocycles. The summed E-state index contributed by atoms with van der Waals surface area (Å²) in [6, 6.07) is 1.58. The second kappa shape index (κ2) is 3.22. The standard InChI is InChI=1S/C5H14O2Si/c1-4-8(6,5-2)7-3/h6H,4-5H2,1-3H3. The van der Waals surface area contributed by atoms with Crippen molar-refractivity contribution in [1.82, 2.24) is 0 Å². The summed E-state index contributed by atoms with van der Waals surface area (Å²) >= 11 is 0. The predicted octanol–water partition coefficient (Wildman–Crippen LogP) is 1.11. The van der Waals surface area contributed by atoms with Crippen molar-refractivity contribution in [2.45, 2.75) is 25.9 Å². The molecule has 0 unspecified atom stereocenters. The zero-order valence-electron chi connectivity index (χ0n) is 5.77. The molecular formula is C5H14O2Si. The van der Waals surface area contributed by atoms with Gasteiger partial charge >= 0.3 is 8.56 Å². The Kier molecular flexibility index (Phi) is 3.27. The van der Waals surface area contributed by atoms with E-state index < -0.39 is 8.56 Å². The fourth-order valence-electron chi connectivity index (χ4n) is 0.539. The van der Waals surface area contributed by atoms with Crippen LogP contribution in [0.3, 0.4) is 0 Å². The molecule has 0 rings (SSSR count). The quantitative estimate of drug-likeness (QED) is 0.586. The van der Waals surface area contributed by atoms with Crippen LogP contribution in [-0.4, -0.2) is 20.5 Å². The second-order valence-electron chi connectivity index (χ2n) is 1.86. The van der Waals surface area contributed by atoms with Crippen molar-refractivity contribution in [2.24, 2.45) is 0 Å². The average molecular weight is 134 g/mol. The molecule has 0 bridgehead atoms. The summed E-state index contributed by atoms with van der Waals surface area (Å²) in [6.07, 6.45) is 0. The van der Waals surface area contributed by atoms with Gasteiger partial charge in [-0.25, -0.2) is 0 Å². The molecule has 0 heterocycles. The fraction of sp³-hybridized carbons (Fsp3) is 1.00. The van der Waals surface area contributed by atoms with Crippen LogP contribution < -0.4 is 0 Å². The first-order valence-corrected chi connectivity index (χ1v) is 5.23. The lowest BCUT2D eigenvalue weighted by Crippen LogP contribution is -2.34. The fourth-order valence-corrected chi connectivity index (χ4v) is 1.62. The van der Waals surface area contributed by atoms with E-state index in [9.17, 15) is 4.80 Å². The van der Waals surface area contributed by atoms with Crippen LogP contribution in [-0.2, 0) is 4.43 Å². The van der Waals surface area contributed by atoms with Gasteiger partial charge in [0.25, 0.3) is 0 Å². The van der Waals surface area contributed by atoms with Crippen LogP contribution in [0.2, 0.25) is 12.1 Å². The third kappa shape index (κ3) is 1.94. The molecule has 0 saturated carbocycles. The molecule has 3 heteroatoms. The molecule has 0 spiro atoms. The summed E-state index contributed by atoms with van der Waals surface area (Å²) in [5.41, 5.74) is 0. The molecule has 0 amide bonds. The van der Waals surface area contributed by atoms with E-state index in [0.29, 0.717) is 0 Å². The van der Waals surface area contributed by atoms with E-state index in [1.54, 1.807) is 7.11 Å². The first-order chi connectivity index (χ1) is 3.68. The van der Waals surface area contributed by atoms with Gasteiger partial charge in [-0.2, -0.15) is 0 Å². The van der Waals surface area contributed by atoms with Gasteiger partial charge < -0.3 is 9.22 Å². The smallest absolute Gasteiger partial charge is 0.334 e. The van der Waals surface area contributed by atoms with E-state index in [2.05, 4.69) is 0 Å². The maximum atomic E-state index is 9.35. The minimum absolute atomic E-state index is 0.792. The van der Waals surface area contributed by atoms with Gasteiger partial charge in [-0.05, 0) is 12.1 Å². The van der Waals surface area contributed by atoms with Crippen molar-refractivity contribution >= 4 is 8.56 Å². The first kappa shape index (κ1) is 8.14. The van der Waals surface area contributed by atoms with Crippen LogP contribution in [0.5, 0.6) is 0 Å². The summed E-state index contributed by atoms with van der Waals surface area (Å²) < 4.78 is 4.93. The minimum Gasteiger partial charge on any atom is -0.411 e. The van der Waals surface area contributed by atoms with Gasteiger partial charge in [0.15, 0.2) is 0 Å². The molecule has 50 valence electrons. The van der Waals surface area contributed by atoms with Crippen LogP contribution >= 0.6 is 0 Å².